The van der Waals surface area contributed by atoms with Crippen LogP contribution in [0.1, 0.15) is 6.42 Å². The zero-order valence-corrected chi connectivity index (χ0v) is 33.4. The molecule has 1 atom stereocenters. The molecule has 9 aromatic rings. The van der Waals surface area contributed by atoms with Gasteiger partial charge in [-0.1, -0.05) is 200 Å². The number of fused-ring (bicyclic) bond motifs is 1. The highest BCUT2D eigenvalue weighted by Crippen LogP contribution is 2.43. The SMILES string of the molecule is C1=CCC(N(c2ccc(-c3ccc(-c4ccccc4N(c4ccc(-c5ccccc5)cc4)c4ccc(-c5ccccc5)cc4)cc3)cc2)c2cccc3ccccc23)C=C1. The molecule has 0 radical (unpaired) electrons. The van der Waals surface area contributed by atoms with Gasteiger partial charge < -0.3 is 9.80 Å². The molecule has 286 valence electrons. The molecular formula is C58H44N2. The molecular weight excluding hydrogens is 725 g/mol. The lowest BCUT2D eigenvalue weighted by Gasteiger charge is -2.33. The average Bonchev–Trinajstić information content (AvgIpc) is 3.34. The fraction of sp³-hybridized carbons (Fsp3) is 0.0345. The van der Waals surface area contributed by atoms with Crippen molar-refractivity contribution in [2.75, 3.05) is 9.80 Å². The van der Waals surface area contributed by atoms with Crippen LogP contribution in [-0.4, -0.2) is 6.04 Å². The van der Waals surface area contributed by atoms with E-state index in [-0.39, 0.29) is 6.04 Å². The third-order valence-corrected chi connectivity index (χ3v) is 11.6. The van der Waals surface area contributed by atoms with Crippen LogP contribution >= 0.6 is 0 Å². The minimum atomic E-state index is 0.231. The first-order chi connectivity index (χ1) is 29.8. The second-order valence-corrected chi connectivity index (χ2v) is 15.3. The van der Waals surface area contributed by atoms with Gasteiger partial charge in [0, 0.05) is 33.7 Å². The van der Waals surface area contributed by atoms with Gasteiger partial charge >= 0.3 is 0 Å². The molecule has 0 aliphatic heterocycles. The van der Waals surface area contributed by atoms with Crippen LogP contribution in [0, 0.1) is 0 Å². The lowest BCUT2D eigenvalue weighted by atomic mass is 9.97. The number of para-hydroxylation sites is 1. The Morgan fingerprint density at radius 2 is 0.783 bits per heavy atom. The van der Waals surface area contributed by atoms with E-state index in [0.717, 1.165) is 29.0 Å². The smallest absolute Gasteiger partial charge is 0.0560 e. The lowest BCUT2D eigenvalue weighted by Crippen LogP contribution is -2.29. The van der Waals surface area contributed by atoms with E-state index in [1.165, 1.54) is 61.1 Å². The summed E-state index contributed by atoms with van der Waals surface area (Å²) >= 11 is 0. The molecule has 0 saturated heterocycles. The van der Waals surface area contributed by atoms with Gasteiger partial charge in [-0.2, -0.15) is 0 Å². The maximum absolute atomic E-state index is 2.49. The van der Waals surface area contributed by atoms with Gasteiger partial charge in [0.25, 0.3) is 0 Å². The van der Waals surface area contributed by atoms with Crippen molar-refractivity contribution in [1.29, 1.82) is 0 Å². The maximum atomic E-state index is 2.49. The highest BCUT2D eigenvalue weighted by molar-refractivity contribution is 5.97. The molecule has 1 aliphatic rings. The minimum absolute atomic E-state index is 0.231. The Labute approximate surface area is 353 Å². The number of hydrogen-bond donors (Lipinski definition) is 0. The number of allylic oxidation sites excluding steroid dienone is 2. The number of rotatable bonds is 10. The summed E-state index contributed by atoms with van der Waals surface area (Å²) in [6.07, 6.45) is 9.85. The van der Waals surface area contributed by atoms with Crippen LogP contribution in [0.3, 0.4) is 0 Å². The van der Waals surface area contributed by atoms with E-state index < -0.39 is 0 Å². The molecule has 60 heavy (non-hydrogen) atoms. The second-order valence-electron chi connectivity index (χ2n) is 15.3. The Balaban J connectivity index is 0.981. The number of benzene rings is 9. The molecule has 0 heterocycles. The Hall–Kier alpha value is -7.68. The molecule has 1 aliphatic carbocycles. The summed E-state index contributed by atoms with van der Waals surface area (Å²) in [5.41, 5.74) is 15.2. The Kier molecular flexibility index (Phi) is 10.2. The van der Waals surface area contributed by atoms with Crippen molar-refractivity contribution in [1.82, 2.24) is 0 Å². The van der Waals surface area contributed by atoms with Gasteiger partial charge in [0.1, 0.15) is 0 Å². The summed E-state index contributed by atoms with van der Waals surface area (Å²) in [6, 6.07) is 81.4. The fourth-order valence-electron chi connectivity index (χ4n) is 8.55. The van der Waals surface area contributed by atoms with Crippen molar-refractivity contribution in [3.63, 3.8) is 0 Å². The van der Waals surface area contributed by atoms with Crippen molar-refractivity contribution in [2.45, 2.75) is 12.5 Å². The van der Waals surface area contributed by atoms with E-state index in [4.69, 9.17) is 0 Å². The van der Waals surface area contributed by atoms with Gasteiger partial charge in [-0.05, 0) is 99.3 Å². The molecule has 0 spiro atoms. The summed E-state index contributed by atoms with van der Waals surface area (Å²) in [5.74, 6) is 0. The standard InChI is InChI=1S/C58H44N2/c1-4-15-43(16-5-1)46-31-37-53(38-32-46)60(54-39-33-47(34-40-54)44-17-6-2-7-18-44)57-25-13-12-24-56(57)50-29-27-45(28-30-50)48-35-41-52(42-36-48)59(51-21-8-3-9-22-51)58-26-14-20-49-19-10-11-23-55(49)58/h1-21,23-42,51H,22H2. The summed E-state index contributed by atoms with van der Waals surface area (Å²) < 4.78 is 0. The predicted octanol–water partition coefficient (Wildman–Crippen LogP) is 16.0. The fourth-order valence-corrected chi connectivity index (χ4v) is 8.55. The monoisotopic (exact) mass is 768 g/mol. The highest BCUT2D eigenvalue weighted by atomic mass is 15.2. The molecule has 2 nitrogen and oxygen atoms in total. The first-order valence-corrected chi connectivity index (χ1v) is 20.8. The van der Waals surface area contributed by atoms with E-state index in [0.29, 0.717) is 0 Å². The molecule has 9 aromatic carbocycles. The molecule has 0 aromatic heterocycles. The predicted molar refractivity (Wildman–Crippen MR) is 256 cm³/mol. The molecule has 0 fully saturated rings. The molecule has 10 rings (SSSR count). The lowest BCUT2D eigenvalue weighted by molar-refractivity contribution is 0.787. The Bertz CT molecular complexity index is 2820. The van der Waals surface area contributed by atoms with Gasteiger partial charge in [0.15, 0.2) is 0 Å². The molecule has 0 N–H and O–H groups in total. The summed E-state index contributed by atoms with van der Waals surface area (Å²) in [6.45, 7) is 0. The van der Waals surface area contributed by atoms with Crippen molar-refractivity contribution in [3.05, 3.63) is 249 Å². The van der Waals surface area contributed by atoms with Gasteiger partial charge in [0.2, 0.25) is 0 Å². The number of nitrogens with zero attached hydrogens (tertiary/aromatic N) is 2. The van der Waals surface area contributed by atoms with Crippen molar-refractivity contribution >= 4 is 39.2 Å². The number of anilines is 5. The van der Waals surface area contributed by atoms with Crippen LogP contribution in [0.25, 0.3) is 55.3 Å². The van der Waals surface area contributed by atoms with Gasteiger partial charge in [-0.25, -0.2) is 0 Å². The first kappa shape index (κ1) is 36.6. The molecule has 0 bridgehead atoms. The summed E-state index contributed by atoms with van der Waals surface area (Å²) in [5, 5.41) is 2.51. The van der Waals surface area contributed by atoms with E-state index in [1.807, 2.05) is 0 Å². The second kappa shape index (κ2) is 16.7. The Morgan fingerprint density at radius 1 is 0.333 bits per heavy atom. The van der Waals surface area contributed by atoms with Crippen LogP contribution in [0.15, 0.2) is 249 Å². The maximum Gasteiger partial charge on any atom is 0.0560 e. The van der Waals surface area contributed by atoms with Crippen molar-refractivity contribution < 1.29 is 0 Å². The largest absolute Gasteiger partial charge is 0.334 e. The normalized spacial score (nSPS) is 13.3. The van der Waals surface area contributed by atoms with Gasteiger partial charge in [-0.15, -0.1) is 0 Å². The number of hydrogen-bond acceptors (Lipinski definition) is 2. The summed E-state index contributed by atoms with van der Waals surface area (Å²) in [7, 11) is 0. The molecule has 0 saturated carbocycles. The molecule has 1 unspecified atom stereocenters. The highest BCUT2D eigenvalue weighted by Gasteiger charge is 2.22. The van der Waals surface area contributed by atoms with Gasteiger partial charge in [0.05, 0.1) is 11.7 Å². The van der Waals surface area contributed by atoms with Crippen LogP contribution in [0.4, 0.5) is 28.4 Å². The average molecular weight is 769 g/mol. The van der Waals surface area contributed by atoms with E-state index in [1.54, 1.807) is 0 Å². The van der Waals surface area contributed by atoms with Crippen LogP contribution in [0.2, 0.25) is 0 Å². The quantitative estimate of drug-likeness (QED) is 0.137. The zero-order valence-electron chi connectivity index (χ0n) is 33.4. The molecule has 2 heteroatoms. The topological polar surface area (TPSA) is 6.48 Å². The first-order valence-electron chi connectivity index (χ1n) is 20.8. The zero-order chi connectivity index (χ0) is 40.1. The van der Waals surface area contributed by atoms with Crippen molar-refractivity contribution in [3.8, 4) is 44.5 Å². The van der Waals surface area contributed by atoms with Gasteiger partial charge in [-0.3, -0.25) is 0 Å². The minimum Gasteiger partial charge on any atom is -0.334 e. The van der Waals surface area contributed by atoms with Crippen molar-refractivity contribution in [2.24, 2.45) is 0 Å². The van der Waals surface area contributed by atoms with E-state index >= 15 is 0 Å². The Morgan fingerprint density at radius 3 is 1.37 bits per heavy atom. The van der Waals surface area contributed by atoms with Crippen LogP contribution in [0.5, 0.6) is 0 Å². The molecule has 0 amide bonds. The van der Waals surface area contributed by atoms with Crippen LogP contribution in [-0.2, 0) is 0 Å². The third kappa shape index (κ3) is 7.43. The summed E-state index contributed by atoms with van der Waals surface area (Å²) in [4.78, 5) is 4.87. The van der Waals surface area contributed by atoms with E-state index in [9.17, 15) is 0 Å². The van der Waals surface area contributed by atoms with E-state index in [2.05, 4.69) is 259 Å². The van der Waals surface area contributed by atoms with Crippen LogP contribution < -0.4 is 9.80 Å². The third-order valence-electron chi connectivity index (χ3n) is 11.6.